The van der Waals surface area contributed by atoms with E-state index in [-0.39, 0.29) is 18.0 Å². The van der Waals surface area contributed by atoms with E-state index in [4.69, 9.17) is 9.47 Å². The fourth-order valence-corrected chi connectivity index (χ4v) is 1.98. The molecule has 1 atom stereocenters. The van der Waals surface area contributed by atoms with E-state index in [9.17, 15) is 4.79 Å². The molecule has 2 rings (SSSR count). The Hall–Kier alpha value is -1.59. The van der Waals surface area contributed by atoms with Crippen molar-refractivity contribution in [1.29, 1.82) is 0 Å². The van der Waals surface area contributed by atoms with Gasteiger partial charge in [0.1, 0.15) is 5.75 Å². The number of methoxy groups -OCH3 is 1. The maximum atomic E-state index is 11.8. The third-order valence-corrected chi connectivity index (χ3v) is 3.27. The Morgan fingerprint density at radius 1 is 1.42 bits per heavy atom. The molecule has 1 aliphatic rings. The van der Waals surface area contributed by atoms with Crippen molar-refractivity contribution in [2.45, 2.75) is 18.9 Å². The Morgan fingerprint density at radius 2 is 2.16 bits per heavy atom. The van der Waals surface area contributed by atoms with Crippen LogP contribution in [-0.4, -0.2) is 38.3 Å². The molecule has 1 fully saturated rings. The number of rotatable bonds is 5. The van der Waals surface area contributed by atoms with Crippen LogP contribution in [-0.2, 0) is 9.53 Å². The van der Waals surface area contributed by atoms with Crippen LogP contribution in [0, 0.1) is 0 Å². The lowest BCUT2D eigenvalue weighted by Gasteiger charge is -2.23. The first kappa shape index (κ1) is 13.8. The molecule has 1 saturated heterocycles. The topological polar surface area (TPSA) is 59.6 Å². The highest BCUT2D eigenvalue weighted by Gasteiger charge is 2.29. The number of nitrogens with one attached hydrogen (secondary N) is 2. The van der Waals surface area contributed by atoms with E-state index in [0.29, 0.717) is 6.61 Å². The number of carbonyl (C=O) groups excluding carboxylic acids is 1. The van der Waals surface area contributed by atoms with E-state index in [2.05, 4.69) is 17.6 Å². The summed E-state index contributed by atoms with van der Waals surface area (Å²) in [5.41, 5.74) is 0.678. The summed E-state index contributed by atoms with van der Waals surface area (Å²) in [6.45, 7) is 3.76. The minimum atomic E-state index is -0.0861. The monoisotopic (exact) mass is 264 g/mol. The average Bonchev–Trinajstić information content (AvgIpc) is 2.85. The molecular weight excluding hydrogens is 244 g/mol. The van der Waals surface area contributed by atoms with E-state index in [1.54, 1.807) is 7.11 Å². The van der Waals surface area contributed by atoms with Gasteiger partial charge in [0.2, 0.25) is 5.91 Å². The molecule has 0 saturated carbocycles. The molecule has 1 aromatic carbocycles. The molecule has 1 heterocycles. The maximum absolute atomic E-state index is 11.8. The molecule has 0 radical (unpaired) electrons. The van der Waals surface area contributed by atoms with Crippen LogP contribution in [0.1, 0.15) is 13.3 Å². The quantitative estimate of drug-likeness (QED) is 0.844. The molecule has 104 valence electrons. The summed E-state index contributed by atoms with van der Waals surface area (Å²) >= 11 is 0. The van der Waals surface area contributed by atoms with Gasteiger partial charge in [-0.1, -0.05) is 0 Å². The third-order valence-electron chi connectivity index (χ3n) is 3.27. The lowest BCUT2D eigenvalue weighted by Crippen LogP contribution is -2.46. The number of amides is 1. The van der Waals surface area contributed by atoms with Gasteiger partial charge in [-0.15, -0.1) is 0 Å². The van der Waals surface area contributed by atoms with Gasteiger partial charge in [-0.05, 0) is 37.6 Å². The van der Waals surface area contributed by atoms with Crippen LogP contribution >= 0.6 is 0 Å². The van der Waals surface area contributed by atoms with Gasteiger partial charge in [-0.2, -0.15) is 0 Å². The van der Waals surface area contributed by atoms with E-state index in [1.165, 1.54) is 0 Å². The molecule has 0 bridgehead atoms. The molecule has 0 spiro atoms. The highest BCUT2D eigenvalue weighted by Crippen LogP contribution is 2.17. The minimum Gasteiger partial charge on any atom is -0.497 e. The van der Waals surface area contributed by atoms with Crippen LogP contribution in [0.2, 0.25) is 0 Å². The molecule has 0 aliphatic carbocycles. The molecule has 5 heteroatoms. The summed E-state index contributed by atoms with van der Waals surface area (Å²) in [4.78, 5) is 11.8. The Kier molecular flexibility index (Phi) is 4.39. The predicted octanol–water partition coefficient (Wildman–Crippen LogP) is 1.40. The average molecular weight is 264 g/mol. The standard InChI is InChI=1S/C14H20N2O3/c1-14(7-8-19-10-14)15-9-13(17)16-11-3-5-12(18-2)6-4-11/h3-6,15H,7-10H2,1-2H3,(H,16,17). The lowest BCUT2D eigenvalue weighted by atomic mass is 10.0. The fourth-order valence-electron chi connectivity index (χ4n) is 1.98. The number of hydrogen-bond acceptors (Lipinski definition) is 4. The van der Waals surface area contributed by atoms with Gasteiger partial charge in [-0.3, -0.25) is 4.79 Å². The Bertz CT molecular complexity index is 425. The zero-order valence-electron chi connectivity index (χ0n) is 11.4. The Morgan fingerprint density at radius 3 is 2.74 bits per heavy atom. The second kappa shape index (κ2) is 6.04. The summed E-state index contributed by atoms with van der Waals surface area (Å²) in [6.07, 6.45) is 0.933. The first-order chi connectivity index (χ1) is 9.11. The number of hydrogen-bond donors (Lipinski definition) is 2. The molecule has 2 N–H and O–H groups in total. The molecule has 1 aromatic rings. The highest BCUT2D eigenvalue weighted by molar-refractivity contribution is 5.92. The lowest BCUT2D eigenvalue weighted by molar-refractivity contribution is -0.115. The first-order valence-electron chi connectivity index (χ1n) is 6.38. The number of carbonyl (C=O) groups is 1. The van der Waals surface area contributed by atoms with Gasteiger partial charge in [-0.25, -0.2) is 0 Å². The van der Waals surface area contributed by atoms with Crippen LogP contribution in [0.5, 0.6) is 5.75 Å². The van der Waals surface area contributed by atoms with Crippen LogP contribution < -0.4 is 15.4 Å². The number of anilines is 1. The van der Waals surface area contributed by atoms with E-state index in [1.807, 2.05) is 24.3 Å². The summed E-state index contributed by atoms with van der Waals surface area (Å²) in [6, 6.07) is 7.26. The molecule has 0 aromatic heterocycles. The Labute approximate surface area is 113 Å². The van der Waals surface area contributed by atoms with Gasteiger partial charge in [0.05, 0.1) is 20.3 Å². The van der Waals surface area contributed by atoms with Crippen molar-refractivity contribution in [2.75, 3.05) is 32.2 Å². The third kappa shape index (κ3) is 3.94. The SMILES string of the molecule is COc1ccc(NC(=O)CNC2(C)CCOC2)cc1. The van der Waals surface area contributed by atoms with E-state index >= 15 is 0 Å². The maximum Gasteiger partial charge on any atom is 0.238 e. The smallest absolute Gasteiger partial charge is 0.238 e. The van der Waals surface area contributed by atoms with E-state index < -0.39 is 0 Å². The zero-order valence-corrected chi connectivity index (χ0v) is 11.4. The largest absolute Gasteiger partial charge is 0.497 e. The van der Waals surface area contributed by atoms with Crippen LogP contribution in [0.4, 0.5) is 5.69 Å². The van der Waals surface area contributed by atoms with Crippen LogP contribution in [0.25, 0.3) is 0 Å². The van der Waals surface area contributed by atoms with Crippen molar-refractivity contribution in [3.63, 3.8) is 0 Å². The van der Waals surface area contributed by atoms with Crippen LogP contribution in [0.15, 0.2) is 24.3 Å². The van der Waals surface area contributed by atoms with Gasteiger partial charge in [0.25, 0.3) is 0 Å². The predicted molar refractivity (Wildman–Crippen MR) is 73.5 cm³/mol. The highest BCUT2D eigenvalue weighted by atomic mass is 16.5. The van der Waals surface area contributed by atoms with Crippen molar-refractivity contribution >= 4 is 11.6 Å². The molecular formula is C14H20N2O3. The van der Waals surface area contributed by atoms with Crippen LogP contribution in [0.3, 0.4) is 0 Å². The van der Waals surface area contributed by atoms with Crippen molar-refractivity contribution in [3.05, 3.63) is 24.3 Å². The van der Waals surface area contributed by atoms with Crippen molar-refractivity contribution in [3.8, 4) is 5.75 Å². The van der Waals surface area contributed by atoms with Crippen molar-refractivity contribution in [2.24, 2.45) is 0 Å². The second-order valence-corrected chi connectivity index (χ2v) is 4.99. The summed E-state index contributed by atoms with van der Waals surface area (Å²) in [7, 11) is 1.61. The summed E-state index contributed by atoms with van der Waals surface area (Å²) in [5, 5.41) is 6.08. The number of ether oxygens (including phenoxy) is 2. The first-order valence-corrected chi connectivity index (χ1v) is 6.38. The van der Waals surface area contributed by atoms with Gasteiger partial charge >= 0.3 is 0 Å². The van der Waals surface area contributed by atoms with Gasteiger partial charge in [0, 0.05) is 17.8 Å². The van der Waals surface area contributed by atoms with Gasteiger partial charge < -0.3 is 20.1 Å². The Balaban J connectivity index is 1.80. The fraction of sp³-hybridized carbons (Fsp3) is 0.500. The van der Waals surface area contributed by atoms with Crippen molar-refractivity contribution < 1.29 is 14.3 Å². The number of benzene rings is 1. The molecule has 1 unspecified atom stereocenters. The molecule has 19 heavy (non-hydrogen) atoms. The van der Waals surface area contributed by atoms with Crippen molar-refractivity contribution in [1.82, 2.24) is 5.32 Å². The van der Waals surface area contributed by atoms with Gasteiger partial charge in [0.15, 0.2) is 0 Å². The second-order valence-electron chi connectivity index (χ2n) is 4.99. The normalized spacial score (nSPS) is 22.2. The molecule has 5 nitrogen and oxygen atoms in total. The molecule has 1 amide bonds. The van der Waals surface area contributed by atoms with E-state index in [0.717, 1.165) is 24.5 Å². The minimum absolute atomic E-state index is 0.0571. The zero-order chi connectivity index (χ0) is 13.7. The summed E-state index contributed by atoms with van der Waals surface area (Å²) < 4.78 is 10.4. The molecule has 1 aliphatic heterocycles. The summed E-state index contributed by atoms with van der Waals surface area (Å²) in [5.74, 6) is 0.713.